The largest absolute Gasteiger partial charge is 0.390 e. The van der Waals surface area contributed by atoms with Crippen LogP contribution in [-0.2, 0) is 0 Å². The smallest absolute Gasteiger partial charge is 0.333 e. The third-order valence-corrected chi connectivity index (χ3v) is 6.18. The predicted octanol–water partition coefficient (Wildman–Crippen LogP) is 6.88. The standard InChI is InChI=1S/C25H29F3N4S/c1-16(2)33-18(4)20-6-7-21-15-30-24(14-22(21)13-20)31-19(5)32-11-8-23(12-17(32)3)29-10-9-25(26,27)28/h6-7,13-15,23,29H,1,3-5,8-12H2,2H3,(H,30,31). The average molecular weight is 475 g/mol. The number of nitrogens with zero attached hydrogens (tertiary/aromatic N) is 2. The lowest BCUT2D eigenvalue weighted by atomic mass is 10.0. The van der Waals surface area contributed by atoms with Gasteiger partial charge in [-0.05, 0) is 41.3 Å². The molecular weight excluding hydrogens is 445 g/mol. The van der Waals surface area contributed by atoms with Gasteiger partial charge in [0.2, 0.25) is 0 Å². The normalized spacial score (nSPS) is 16.7. The molecule has 1 aliphatic rings. The van der Waals surface area contributed by atoms with Gasteiger partial charge in [-0.2, -0.15) is 13.2 Å². The van der Waals surface area contributed by atoms with E-state index in [4.69, 9.17) is 0 Å². The zero-order chi connectivity index (χ0) is 24.2. The highest BCUT2D eigenvalue weighted by molar-refractivity contribution is 8.11. The minimum Gasteiger partial charge on any atom is -0.333 e. The number of rotatable bonds is 9. The zero-order valence-corrected chi connectivity index (χ0v) is 19.6. The van der Waals surface area contributed by atoms with Crippen LogP contribution in [0.25, 0.3) is 15.7 Å². The van der Waals surface area contributed by atoms with Crippen molar-refractivity contribution in [2.45, 2.75) is 38.4 Å². The highest BCUT2D eigenvalue weighted by Gasteiger charge is 2.28. The van der Waals surface area contributed by atoms with E-state index in [9.17, 15) is 13.2 Å². The molecule has 0 aliphatic carbocycles. The van der Waals surface area contributed by atoms with Crippen LogP contribution in [0.2, 0.25) is 0 Å². The van der Waals surface area contributed by atoms with Gasteiger partial charge in [0.1, 0.15) is 11.6 Å². The molecule has 1 aromatic heterocycles. The Kier molecular flexibility index (Phi) is 7.92. The topological polar surface area (TPSA) is 40.2 Å². The molecule has 1 atom stereocenters. The SMILES string of the molecule is C=C(C)SC(=C)c1ccc2cnc(NC(=C)N3CCC(NCCC(F)(F)F)CC3=C)cc2c1. The summed E-state index contributed by atoms with van der Waals surface area (Å²) in [5, 5.41) is 8.25. The highest BCUT2D eigenvalue weighted by Crippen LogP contribution is 2.33. The summed E-state index contributed by atoms with van der Waals surface area (Å²) in [7, 11) is 0. The van der Waals surface area contributed by atoms with Gasteiger partial charge in [-0.3, -0.25) is 0 Å². The summed E-state index contributed by atoms with van der Waals surface area (Å²) < 4.78 is 37.1. The minimum atomic E-state index is -4.15. The predicted molar refractivity (Wildman–Crippen MR) is 133 cm³/mol. The van der Waals surface area contributed by atoms with Crippen molar-refractivity contribution in [3.05, 3.63) is 78.8 Å². The number of hydrogen-bond donors (Lipinski definition) is 2. The van der Waals surface area contributed by atoms with Crippen molar-refractivity contribution in [2.24, 2.45) is 0 Å². The molecule has 0 bridgehead atoms. The number of halogens is 3. The number of alkyl halides is 3. The first kappa shape index (κ1) is 24.9. The summed E-state index contributed by atoms with van der Waals surface area (Å²) in [6, 6.07) is 8.03. The van der Waals surface area contributed by atoms with Gasteiger partial charge in [0.25, 0.3) is 0 Å². The van der Waals surface area contributed by atoms with Crippen LogP contribution in [0, 0.1) is 0 Å². The molecule has 0 spiro atoms. The molecule has 3 rings (SSSR count). The fraction of sp³-hybridized carbons (Fsp3) is 0.320. The number of anilines is 1. The molecule has 0 radical (unpaired) electrons. The number of thioether (sulfide) groups is 1. The molecule has 1 saturated heterocycles. The molecule has 176 valence electrons. The lowest BCUT2D eigenvalue weighted by Gasteiger charge is -2.37. The maximum atomic E-state index is 12.4. The average Bonchev–Trinajstić information content (AvgIpc) is 2.71. The summed E-state index contributed by atoms with van der Waals surface area (Å²) >= 11 is 1.54. The monoisotopic (exact) mass is 474 g/mol. The molecule has 1 aromatic carbocycles. The quantitative estimate of drug-likeness (QED) is 0.415. The van der Waals surface area contributed by atoms with Gasteiger partial charge in [0, 0.05) is 47.7 Å². The Hall–Kier alpha value is -2.71. The van der Waals surface area contributed by atoms with E-state index in [1.807, 2.05) is 30.0 Å². The molecule has 33 heavy (non-hydrogen) atoms. The highest BCUT2D eigenvalue weighted by atomic mass is 32.2. The van der Waals surface area contributed by atoms with E-state index in [2.05, 4.69) is 48.0 Å². The molecule has 0 saturated carbocycles. The number of pyridine rings is 1. The number of piperidine rings is 1. The summed E-state index contributed by atoms with van der Waals surface area (Å²) in [6.45, 7) is 18.7. The van der Waals surface area contributed by atoms with Gasteiger partial charge in [-0.15, -0.1) is 0 Å². The molecular formula is C25H29F3N4S. The van der Waals surface area contributed by atoms with Crippen molar-refractivity contribution in [1.29, 1.82) is 0 Å². The molecule has 1 unspecified atom stereocenters. The fourth-order valence-electron chi connectivity index (χ4n) is 3.73. The summed E-state index contributed by atoms with van der Waals surface area (Å²) in [6.07, 6.45) is -1.91. The molecule has 1 fully saturated rings. The second-order valence-electron chi connectivity index (χ2n) is 8.16. The van der Waals surface area contributed by atoms with Crippen LogP contribution in [-0.4, -0.2) is 35.2 Å². The minimum absolute atomic E-state index is 0.0220. The maximum Gasteiger partial charge on any atom is 0.390 e. The summed E-state index contributed by atoms with van der Waals surface area (Å²) in [5.41, 5.74) is 1.83. The van der Waals surface area contributed by atoms with Crippen molar-refractivity contribution in [1.82, 2.24) is 15.2 Å². The van der Waals surface area contributed by atoms with Crippen molar-refractivity contribution < 1.29 is 13.2 Å². The lowest BCUT2D eigenvalue weighted by Crippen LogP contribution is -2.42. The van der Waals surface area contributed by atoms with Gasteiger partial charge < -0.3 is 15.5 Å². The van der Waals surface area contributed by atoms with Gasteiger partial charge in [-0.1, -0.05) is 50.2 Å². The van der Waals surface area contributed by atoms with Gasteiger partial charge in [0.05, 0.1) is 6.42 Å². The number of aromatic nitrogens is 1. The van der Waals surface area contributed by atoms with E-state index in [0.29, 0.717) is 31.0 Å². The van der Waals surface area contributed by atoms with Crippen LogP contribution in [0.1, 0.15) is 31.7 Å². The van der Waals surface area contributed by atoms with E-state index >= 15 is 0 Å². The van der Waals surface area contributed by atoms with Crippen molar-refractivity contribution in [3.63, 3.8) is 0 Å². The Balaban J connectivity index is 1.61. The van der Waals surface area contributed by atoms with E-state index in [1.54, 1.807) is 18.0 Å². The maximum absolute atomic E-state index is 12.4. The fourth-order valence-corrected chi connectivity index (χ4v) is 4.39. The Bertz CT molecular complexity index is 1080. The van der Waals surface area contributed by atoms with E-state index in [-0.39, 0.29) is 12.6 Å². The van der Waals surface area contributed by atoms with Crippen molar-refractivity contribution >= 4 is 33.3 Å². The second-order valence-corrected chi connectivity index (χ2v) is 9.55. The van der Waals surface area contributed by atoms with Crippen molar-refractivity contribution in [2.75, 3.05) is 18.4 Å². The number of fused-ring (bicyclic) bond motifs is 1. The zero-order valence-electron chi connectivity index (χ0n) is 18.8. The third-order valence-electron chi connectivity index (χ3n) is 5.35. The number of allylic oxidation sites excluding steroid dienone is 1. The Morgan fingerprint density at radius 2 is 1.97 bits per heavy atom. The van der Waals surface area contributed by atoms with Crippen LogP contribution in [0.4, 0.5) is 19.0 Å². The molecule has 8 heteroatoms. The Morgan fingerprint density at radius 1 is 1.21 bits per heavy atom. The molecule has 0 amide bonds. The number of benzene rings is 1. The van der Waals surface area contributed by atoms with E-state index in [0.717, 1.165) is 31.8 Å². The molecule has 4 nitrogen and oxygen atoms in total. The van der Waals surface area contributed by atoms with Crippen LogP contribution >= 0.6 is 11.8 Å². The third kappa shape index (κ3) is 7.14. The van der Waals surface area contributed by atoms with E-state index < -0.39 is 12.6 Å². The second kappa shape index (κ2) is 10.5. The summed E-state index contributed by atoms with van der Waals surface area (Å²) in [4.78, 5) is 8.35. The van der Waals surface area contributed by atoms with Crippen molar-refractivity contribution in [3.8, 4) is 0 Å². The number of likely N-dealkylation sites (tertiary alicyclic amines) is 1. The molecule has 1 aliphatic heterocycles. The van der Waals surface area contributed by atoms with Crippen LogP contribution in [0.15, 0.2) is 73.2 Å². The Labute approximate surface area is 197 Å². The molecule has 2 aromatic rings. The number of hydrogen-bond acceptors (Lipinski definition) is 5. The Morgan fingerprint density at radius 3 is 2.64 bits per heavy atom. The van der Waals surface area contributed by atoms with E-state index in [1.165, 1.54) is 0 Å². The molecule has 2 N–H and O–H groups in total. The molecule has 2 heterocycles. The first-order valence-corrected chi connectivity index (χ1v) is 11.5. The first-order chi connectivity index (χ1) is 15.5. The van der Waals surface area contributed by atoms with Crippen LogP contribution < -0.4 is 10.6 Å². The van der Waals surface area contributed by atoms with Gasteiger partial charge in [-0.25, -0.2) is 4.98 Å². The lowest BCUT2D eigenvalue weighted by molar-refractivity contribution is -0.133. The van der Waals surface area contributed by atoms with Gasteiger partial charge in [0.15, 0.2) is 0 Å². The first-order valence-electron chi connectivity index (χ1n) is 10.7. The number of nitrogens with one attached hydrogen (secondary N) is 2. The van der Waals surface area contributed by atoms with Gasteiger partial charge >= 0.3 is 6.18 Å². The summed E-state index contributed by atoms with van der Waals surface area (Å²) in [5.74, 6) is 1.29. The van der Waals surface area contributed by atoms with Crippen LogP contribution in [0.3, 0.4) is 0 Å². The van der Waals surface area contributed by atoms with Crippen LogP contribution in [0.5, 0.6) is 0 Å².